The van der Waals surface area contributed by atoms with Gasteiger partial charge in [0.1, 0.15) is 6.61 Å². The molecule has 1 saturated heterocycles. The van der Waals surface area contributed by atoms with Gasteiger partial charge in [-0.2, -0.15) is 0 Å². The van der Waals surface area contributed by atoms with Crippen LogP contribution in [-0.4, -0.2) is 27.0 Å². The van der Waals surface area contributed by atoms with E-state index in [9.17, 15) is 13.6 Å². The minimum Gasteiger partial charge on any atom is -0.769 e. The van der Waals surface area contributed by atoms with Gasteiger partial charge in [-0.25, -0.2) is 4.79 Å². The highest BCUT2D eigenvalue weighted by Crippen LogP contribution is 2.07. The van der Waals surface area contributed by atoms with Gasteiger partial charge in [0.25, 0.3) is 0 Å². The van der Waals surface area contributed by atoms with E-state index in [1.807, 2.05) is 0 Å². The molecule has 2 atom stereocenters. The smallest absolute Gasteiger partial charge is 0.509 e. The van der Waals surface area contributed by atoms with Crippen molar-refractivity contribution in [3.63, 3.8) is 0 Å². The first-order chi connectivity index (χ1) is 4.20. The maximum absolute atomic E-state index is 10.0. The summed E-state index contributed by atoms with van der Waals surface area (Å²) in [5.41, 5.74) is -1.11. The van der Waals surface area contributed by atoms with E-state index in [2.05, 4.69) is 9.47 Å². The molecule has 5 nitrogen and oxygen atoms in total. The van der Waals surface area contributed by atoms with Crippen LogP contribution in [0.4, 0.5) is 4.79 Å². The van der Waals surface area contributed by atoms with E-state index in [1.54, 1.807) is 0 Å². The van der Waals surface area contributed by atoms with Crippen molar-refractivity contribution < 1.29 is 23.0 Å². The van der Waals surface area contributed by atoms with E-state index in [0.29, 0.717) is 0 Å². The summed E-state index contributed by atoms with van der Waals surface area (Å²) in [5, 5.41) is 0. The molecule has 6 heteroatoms. The van der Waals surface area contributed by atoms with Gasteiger partial charge in [-0.3, -0.25) is 4.21 Å². The molecule has 0 saturated carbocycles. The lowest BCUT2D eigenvalue weighted by molar-refractivity contribution is 0.127. The van der Waals surface area contributed by atoms with Gasteiger partial charge in [-0.05, 0) is 11.1 Å². The Hall–Kier alpha value is -0.620. The van der Waals surface area contributed by atoms with Crippen LogP contribution in [0.2, 0.25) is 0 Å². The van der Waals surface area contributed by atoms with Gasteiger partial charge in [0.2, 0.25) is 5.44 Å². The molecule has 0 amide bonds. The second kappa shape index (κ2) is 2.32. The van der Waals surface area contributed by atoms with Gasteiger partial charge in [0, 0.05) is 0 Å². The number of carbonyl (C=O) groups excluding carboxylic acids is 1. The van der Waals surface area contributed by atoms with Gasteiger partial charge in [0.05, 0.1) is 0 Å². The first-order valence-electron chi connectivity index (χ1n) is 2.11. The summed E-state index contributed by atoms with van der Waals surface area (Å²) in [6, 6.07) is 0. The average Bonchev–Trinajstić information content (AvgIpc) is 2.14. The quantitative estimate of drug-likeness (QED) is 0.368. The van der Waals surface area contributed by atoms with E-state index in [-0.39, 0.29) is 6.61 Å². The number of ether oxygens (including phenoxy) is 2. The molecule has 1 aliphatic rings. The minimum atomic E-state index is -2.38. The Kier molecular flexibility index (Phi) is 1.68. The standard InChI is InChI=1S/C3H4O5S/c4-3-7-1-2(8-3)9(5)6/h2H,1H2,(H,5,6)/p-1. The number of cyclic esters (lactones) is 2. The van der Waals surface area contributed by atoms with Crippen molar-refractivity contribution in [3.8, 4) is 0 Å². The largest absolute Gasteiger partial charge is 0.769 e. The van der Waals surface area contributed by atoms with Gasteiger partial charge in [0.15, 0.2) is 0 Å². The maximum Gasteiger partial charge on any atom is 0.509 e. The fourth-order valence-electron chi connectivity index (χ4n) is 0.406. The zero-order chi connectivity index (χ0) is 6.85. The zero-order valence-electron chi connectivity index (χ0n) is 4.23. The zero-order valence-corrected chi connectivity index (χ0v) is 5.05. The summed E-state index contributed by atoms with van der Waals surface area (Å²) in [6.45, 7) is -0.199. The third-order valence-corrected chi connectivity index (χ3v) is 1.44. The highest BCUT2D eigenvalue weighted by Gasteiger charge is 2.25. The summed E-state index contributed by atoms with van der Waals surface area (Å²) in [7, 11) is 0. The molecular formula is C3H3O5S-. The van der Waals surface area contributed by atoms with Gasteiger partial charge < -0.3 is 14.0 Å². The molecule has 0 bridgehead atoms. The van der Waals surface area contributed by atoms with E-state index >= 15 is 0 Å². The normalized spacial score (nSPS) is 29.0. The first kappa shape index (κ1) is 6.50. The van der Waals surface area contributed by atoms with Crippen molar-refractivity contribution in [1.82, 2.24) is 0 Å². The third-order valence-electron chi connectivity index (χ3n) is 0.780. The summed E-state index contributed by atoms with van der Waals surface area (Å²) >= 11 is -2.38. The van der Waals surface area contributed by atoms with E-state index in [4.69, 9.17) is 0 Å². The topological polar surface area (TPSA) is 75.7 Å². The lowest BCUT2D eigenvalue weighted by atomic mass is 10.8. The number of carbonyl (C=O) groups is 1. The van der Waals surface area contributed by atoms with Crippen LogP contribution < -0.4 is 0 Å². The molecule has 9 heavy (non-hydrogen) atoms. The van der Waals surface area contributed by atoms with Crippen LogP contribution in [0.1, 0.15) is 0 Å². The van der Waals surface area contributed by atoms with Crippen molar-refractivity contribution in [3.05, 3.63) is 0 Å². The van der Waals surface area contributed by atoms with E-state index < -0.39 is 22.7 Å². The predicted molar refractivity (Wildman–Crippen MR) is 25.1 cm³/mol. The molecular weight excluding hydrogens is 148 g/mol. The van der Waals surface area contributed by atoms with Crippen molar-refractivity contribution in [2.75, 3.05) is 6.61 Å². The fourth-order valence-corrected chi connectivity index (χ4v) is 0.743. The summed E-state index contributed by atoms with van der Waals surface area (Å²) in [5.74, 6) is 0. The molecule has 0 N–H and O–H groups in total. The van der Waals surface area contributed by atoms with Crippen LogP contribution in [0.25, 0.3) is 0 Å². The van der Waals surface area contributed by atoms with Gasteiger partial charge in [-0.15, -0.1) is 0 Å². The van der Waals surface area contributed by atoms with Gasteiger partial charge >= 0.3 is 6.16 Å². The minimum absolute atomic E-state index is 0.199. The Bertz CT molecular complexity index is 154. The van der Waals surface area contributed by atoms with Crippen molar-refractivity contribution in [1.29, 1.82) is 0 Å². The van der Waals surface area contributed by atoms with Gasteiger partial charge in [-0.1, -0.05) is 0 Å². The van der Waals surface area contributed by atoms with Crippen molar-refractivity contribution in [2.24, 2.45) is 0 Å². The Balaban J connectivity index is 2.48. The number of hydrogen-bond acceptors (Lipinski definition) is 5. The summed E-state index contributed by atoms with van der Waals surface area (Å²) in [6.07, 6.45) is -0.927. The Morgan fingerprint density at radius 2 is 2.44 bits per heavy atom. The SMILES string of the molecule is O=C1OCC(S(=O)[O-])O1. The van der Waals surface area contributed by atoms with Crippen LogP contribution in [0, 0.1) is 0 Å². The van der Waals surface area contributed by atoms with Crippen LogP contribution in [0.5, 0.6) is 0 Å². The average molecular weight is 151 g/mol. The van der Waals surface area contributed by atoms with E-state index in [0.717, 1.165) is 0 Å². The van der Waals surface area contributed by atoms with Crippen LogP contribution >= 0.6 is 0 Å². The Morgan fingerprint density at radius 1 is 1.78 bits per heavy atom. The first-order valence-corrected chi connectivity index (χ1v) is 3.25. The molecule has 1 rings (SSSR count). The molecule has 0 aromatic heterocycles. The molecule has 2 unspecified atom stereocenters. The maximum atomic E-state index is 10.0. The van der Waals surface area contributed by atoms with Crippen molar-refractivity contribution in [2.45, 2.75) is 5.44 Å². The molecule has 0 aromatic carbocycles. The molecule has 52 valence electrons. The second-order valence-electron chi connectivity index (χ2n) is 1.37. The molecule has 0 aromatic rings. The molecule has 0 radical (unpaired) electrons. The Labute approximate surface area is 53.2 Å². The molecule has 0 spiro atoms. The molecule has 1 aliphatic heterocycles. The van der Waals surface area contributed by atoms with Crippen molar-refractivity contribution >= 4 is 17.2 Å². The van der Waals surface area contributed by atoms with E-state index in [1.165, 1.54) is 0 Å². The highest BCUT2D eigenvalue weighted by molar-refractivity contribution is 7.79. The van der Waals surface area contributed by atoms with Crippen LogP contribution in [-0.2, 0) is 20.6 Å². The predicted octanol–water partition coefficient (Wildman–Crippen LogP) is -0.642. The van der Waals surface area contributed by atoms with Crippen LogP contribution in [0.15, 0.2) is 0 Å². The molecule has 1 heterocycles. The van der Waals surface area contributed by atoms with Crippen LogP contribution in [0.3, 0.4) is 0 Å². The number of rotatable bonds is 1. The number of hydrogen-bond donors (Lipinski definition) is 0. The molecule has 1 fully saturated rings. The fraction of sp³-hybridized carbons (Fsp3) is 0.667. The monoisotopic (exact) mass is 151 g/mol. The lowest BCUT2D eigenvalue weighted by Gasteiger charge is -2.07. The second-order valence-corrected chi connectivity index (χ2v) is 2.42. The third kappa shape index (κ3) is 1.39. The highest BCUT2D eigenvalue weighted by atomic mass is 32.2. The Morgan fingerprint density at radius 3 is 2.67 bits per heavy atom. The summed E-state index contributed by atoms with van der Waals surface area (Å²) in [4.78, 5) is 10.0. The molecule has 0 aliphatic carbocycles. The lowest BCUT2D eigenvalue weighted by Crippen LogP contribution is -2.15. The summed E-state index contributed by atoms with van der Waals surface area (Å²) < 4.78 is 28.3.